The van der Waals surface area contributed by atoms with Crippen LogP contribution in [0.2, 0.25) is 0 Å². The normalized spacial score (nSPS) is 7.00. The molecule has 0 aromatic rings. The van der Waals surface area contributed by atoms with Crippen LogP contribution in [-0.2, 0) is 3.84 Å². The Morgan fingerprint density at radius 1 is 1.33 bits per heavy atom. The van der Waals surface area contributed by atoms with Crippen molar-refractivity contribution < 1.29 is 66.8 Å². The summed E-state index contributed by atoms with van der Waals surface area (Å²) in [5, 5.41) is 0. The first-order valence-electron chi connectivity index (χ1n) is 0.617. The first kappa shape index (κ1) is 10.4. The molecule has 0 heterocycles. The summed E-state index contributed by atoms with van der Waals surface area (Å²) < 4.78 is 21.3. The van der Waals surface area contributed by atoms with E-state index in [4.69, 9.17) is 9.32 Å². The summed E-state index contributed by atoms with van der Waals surface area (Å²) in [6.45, 7) is 0. The van der Waals surface area contributed by atoms with Crippen LogP contribution in [0.1, 0.15) is 1.43 Å². The molecule has 0 aliphatic heterocycles. The van der Waals surface area contributed by atoms with E-state index >= 15 is 0 Å². The van der Waals surface area contributed by atoms with Crippen molar-refractivity contribution in [3.05, 3.63) is 0 Å². The van der Waals surface area contributed by atoms with Crippen molar-refractivity contribution in [1.29, 1.82) is 0 Å². The summed E-state index contributed by atoms with van der Waals surface area (Å²) in [6.07, 6.45) is 0. The van der Waals surface area contributed by atoms with Crippen LogP contribution in [0.4, 0.5) is 0 Å². The second-order valence-corrected chi connectivity index (χ2v) is 0.903. The fourth-order valence-electron chi connectivity index (χ4n) is 0.00972. The summed E-state index contributed by atoms with van der Waals surface area (Å²) in [6, 6.07) is 0. The molecule has 0 aromatic carbocycles. The van der Waals surface area contributed by atoms with E-state index in [9.17, 15) is 0 Å². The Kier molecular flexibility index (Phi) is 16.9. The fourth-order valence-corrected chi connectivity index (χ4v) is 0.0875. The predicted octanol–water partition coefficient (Wildman–Crippen LogP) is -5.33. The van der Waals surface area contributed by atoms with E-state index in [1.807, 2.05) is 0 Å². The quantitative estimate of drug-likeness (QED) is 0.362. The molecule has 0 unspecified atom stereocenters. The molecule has 0 bridgehead atoms. The van der Waals surface area contributed by atoms with Crippen LogP contribution in [0.25, 0.3) is 0 Å². The molecule has 34 valence electrons. The Morgan fingerprint density at radius 2 is 1.67 bits per heavy atom. The summed E-state index contributed by atoms with van der Waals surface area (Å²) in [5.74, 6) is 0. The molecule has 0 aliphatic carbocycles. The van der Waals surface area contributed by atoms with Crippen LogP contribution < -0.4 is 38.9 Å². The van der Waals surface area contributed by atoms with Crippen molar-refractivity contribution in [1.82, 2.24) is 0 Å². The zero-order valence-corrected chi connectivity index (χ0v) is 6.49. The molecule has 0 N–H and O–H groups in total. The van der Waals surface area contributed by atoms with Crippen LogP contribution in [0.3, 0.4) is 0 Å². The fraction of sp³-hybridized carbons (Fsp3) is 0. The summed E-state index contributed by atoms with van der Waals surface area (Å²) in [5.41, 5.74) is 0. The Labute approximate surface area is 66.6 Å². The maximum Gasteiger partial charge on any atom is 1.00 e. The Balaban J connectivity index is -0.0000000800. The van der Waals surface area contributed by atoms with E-state index < -0.39 is 0 Å². The third-order valence-electron chi connectivity index (χ3n) is 0.0476. The minimum atomic E-state index is 0. The van der Waals surface area contributed by atoms with E-state index in [1.165, 1.54) is 0 Å². The van der Waals surface area contributed by atoms with Crippen molar-refractivity contribution in [2.45, 2.75) is 0 Å². The van der Waals surface area contributed by atoms with Crippen LogP contribution in [0.5, 0.6) is 0 Å². The third-order valence-corrected chi connectivity index (χ3v) is 0.429. The number of rotatable bonds is 2. The maximum absolute atomic E-state index is 8.93. The van der Waals surface area contributed by atoms with Gasteiger partial charge < -0.3 is 10.7 Å². The average Bonchev–Trinajstić information content (AvgIpc) is 1.41. The third kappa shape index (κ3) is 9.07. The average molecular weight is 143 g/mol. The molecule has 3 nitrogen and oxygen atoms in total. The van der Waals surface area contributed by atoms with Crippen molar-refractivity contribution in [2.24, 2.45) is 0 Å². The van der Waals surface area contributed by atoms with Crippen molar-refractivity contribution in [3.8, 4) is 0 Å². The van der Waals surface area contributed by atoms with E-state index in [-0.39, 0.29) is 53.6 Å². The van der Waals surface area contributed by atoms with E-state index in [1.54, 1.807) is 0 Å². The number of hydrogen-bond donors (Lipinski definition) is 0. The van der Waals surface area contributed by atoms with Gasteiger partial charge in [-0.3, -0.25) is 0 Å². The van der Waals surface area contributed by atoms with Crippen LogP contribution in [-0.4, -0.2) is 0 Å². The smallest absolute Gasteiger partial charge is 1.00 e. The molecular weight excluding hydrogens is 142 g/mol. The van der Waals surface area contributed by atoms with Gasteiger partial charge in [-0.05, 0) is 0 Å². The molecule has 0 aromatic heterocycles. The molecule has 0 atom stereocenters. The maximum atomic E-state index is 8.93. The molecular formula is HCl2NaO3. The Hall–Kier alpha value is 1.46. The number of hydrogen-bond acceptors (Lipinski definition) is 3. The largest absolute Gasteiger partial charge is 1.00 e. The summed E-state index contributed by atoms with van der Waals surface area (Å²) >= 11 is 0.299. The van der Waals surface area contributed by atoms with E-state index in [0.29, 0.717) is 0 Å². The van der Waals surface area contributed by atoms with Gasteiger partial charge in [0.1, 0.15) is 0 Å². The van der Waals surface area contributed by atoms with Gasteiger partial charge >= 0.3 is 52.2 Å². The molecule has 0 radical (unpaired) electrons. The molecule has 0 fully saturated rings. The molecule has 0 saturated heterocycles. The summed E-state index contributed by atoms with van der Waals surface area (Å²) in [7, 11) is 0. The van der Waals surface area contributed by atoms with Crippen LogP contribution in [0, 0.1) is 22.7 Å². The molecule has 0 spiro atoms. The van der Waals surface area contributed by atoms with Gasteiger partial charge in [0.15, 0.2) is 0 Å². The second-order valence-electron chi connectivity index (χ2n) is 0.184. The molecule has 6 heteroatoms. The van der Waals surface area contributed by atoms with Gasteiger partial charge in [-0.15, -0.1) is 0 Å². The standard InChI is InChI=1S/Cl2O3.Na.H/c3-1-5-2-4;;/q;+1;-1. The first-order chi connectivity index (χ1) is 2.41. The minimum Gasteiger partial charge on any atom is -1.00 e. The zero-order chi connectivity index (χ0) is 4.12. The molecule has 0 amide bonds. The molecule has 6 heavy (non-hydrogen) atoms. The van der Waals surface area contributed by atoms with Crippen molar-refractivity contribution >= 4 is 0 Å². The molecule has 0 aliphatic rings. The summed E-state index contributed by atoms with van der Waals surface area (Å²) in [4.78, 5) is 0. The minimum absolute atomic E-state index is 0. The molecule has 0 saturated carbocycles. The van der Waals surface area contributed by atoms with Gasteiger partial charge in [0.2, 0.25) is 3.84 Å². The van der Waals surface area contributed by atoms with E-state index in [2.05, 4.69) is 3.84 Å². The van der Waals surface area contributed by atoms with Crippen molar-refractivity contribution in [3.63, 3.8) is 0 Å². The second kappa shape index (κ2) is 9.68. The Bertz CT molecular complexity index is 20.4. The van der Waals surface area contributed by atoms with Gasteiger partial charge in [0.25, 0.3) is 0 Å². The topological polar surface area (TPSA) is 55.3 Å². The van der Waals surface area contributed by atoms with Gasteiger partial charge in [0, 0.05) is 0 Å². The van der Waals surface area contributed by atoms with Crippen LogP contribution >= 0.6 is 0 Å². The predicted molar refractivity (Wildman–Crippen MR) is 2.20 cm³/mol. The van der Waals surface area contributed by atoms with Gasteiger partial charge in [-0.2, -0.15) is 0 Å². The van der Waals surface area contributed by atoms with Gasteiger partial charge in [-0.1, -0.05) is 0 Å². The van der Waals surface area contributed by atoms with Gasteiger partial charge in [0.05, 0.1) is 0 Å². The first-order valence-corrected chi connectivity index (χ1v) is 1.85. The van der Waals surface area contributed by atoms with Gasteiger partial charge in [-0.25, -0.2) is 0 Å². The zero-order valence-electron chi connectivity index (χ0n) is 3.98. The monoisotopic (exact) mass is 142 g/mol. The number of halogens is 2. The Morgan fingerprint density at radius 3 is 1.67 bits per heavy atom. The molecule has 0 rings (SSSR count). The van der Waals surface area contributed by atoms with E-state index in [0.717, 1.165) is 0 Å². The van der Waals surface area contributed by atoms with Crippen LogP contribution in [0.15, 0.2) is 0 Å². The SMILES string of the molecule is [H-].[Na+].[O-][Cl+]O[Cl+][O-]. The van der Waals surface area contributed by atoms with Crippen molar-refractivity contribution in [2.75, 3.05) is 0 Å².